The molecule has 0 radical (unpaired) electrons. The minimum atomic E-state index is -0.318. The summed E-state index contributed by atoms with van der Waals surface area (Å²) in [6.07, 6.45) is 0. The summed E-state index contributed by atoms with van der Waals surface area (Å²) < 4.78 is 21.9. The van der Waals surface area contributed by atoms with Crippen LogP contribution in [-0.2, 0) is 5.75 Å². The molecule has 4 nitrogen and oxygen atoms in total. The zero-order valence-corrected chi connectivity index (χ0v) is 16.8. The Bertz CT molecular complexity index is 1080. The average Bonchev–Trinajstić information content (AvgIpc) is 3.18. The Hall–Kier alpha value is -3.12. The van der Waals surface area contributed by atoms with Crippen LogP contribution in [0.5, 0.6) is 5.75 Å². The molecule has 0 saturated carbocycles. The lowest BCUT2D eigenvalue weighted by atomic mass is 10.2. The zero-order valence-electron chi connectivity index (χ0n) is 16.0. The first-order valence-corrected chi connectivity index (χ1v) is 10.3. The second-order valence-electron chi connectivity index (χ2n) is 6.32. The fourth-order valence-electron chi connectivity index (χ4n) is 2.99. The highest BCUT2D eigenvalue weighted by molar-refractivity contribution is 7.98. The number of benzene rings is 3. The van der Waals surface area contributed by atoms with Crippen LogP contribution in [0.4, 0.5) is 4.39 Å². The van der Waals surface area contributed by atoms with Crippen molar-refractivity contribution in [2.75, 3.05) is 6.61 Å². The number of thioether (sulfide) groups is 1. The highest BCUT2D eigenvalue weighted by Gasteiger charge is 2.18. The number of aromatic nitrogens is 3. The van der Waals surface area contributed by atoms with Crippen LogP contribution in [0, 0.1) is 5.82 Å². The Balaban J connectivity index is 1.73. The van der Waals surface area contributed by atoms with Crippen LogP contribution in [0.25, 0.3) is 17.1 Å². The largest absolute Gasteiger partial charge is 0.494 e. The van der Waals surface area contributed by atoms with Gasteiger partial charge in [-0.25, -0.2) is 4.39 Å². The van der Waals surface area contributed by atoms with Crippen molar-refractivity contribution in [2.45, 2.75) is 17.8 Å². The Labute approximate surface area is 173 Å². The van der Waals surface area contributed by atoms with E-state index in [0.717, 1.165) is 17.1 Å². The Morgan fingerprint density at radius 1 is 0.897 bits per heavy atom. The predicted octanol–water partition coefficient (Wildman–Crippen LogP) is 5.76. The number of halogens is 1. The predicted molar refractivity (Wildman–Crippen MR) is 114 cm³/mol. The molecule has 0 aliphatic carbocycles. The van der Waals surface area contributed by atoms with E-state index in [1.165, 1.54) is 23.4 Å². The van der Waals surface area contributed by atoms with Gasteiger partial charge in [0, 0.05) is 11.3 Å². The maximum absolute atomic E-state index is 14.7. The zero-order chi connectivity index (χ0) is 20.1. The quantitative estimate of drug-likeness (QED) is 0.366. The molecule has 1 heterocycles. The van der Waals surface area contributed by atoms with Gasteiger partial charge in [-0.2, -0.15) is 0 Å². The number of nitrogens with zero attached hydrogens (tertiary/aromatic N) is 3. The van der Waals surface area contributed by atoms with Crippen molar-refractivity contribution < 1.29 is 9.13 Å². The topological polar surface area (TPSA) is 39.9 Å². The minimum Gasteiger partial charge on any atom is -0.494 e. The number of rotatable bonds is 7. The smallest absolute Gasteiger partial charge is 0.196 e. The molecule has 4 aromatic rings. The summed E-state index contributed by atoms with van der Waals surface area (Å²) in [6.45, 7) is 2.55. The van der Waals surface area contributed by atoms with E-state index in [0.29, 0.717) is 23.3 Å². The third-order valence-electron chi connectivity index (χ3n) is 4.36. The van der Waals surface area contributed by atoms with Crippen LogP contribution in [-0.4, -0.2) is 21.4 Å². The van der Waals surface area contributed by atoms with Gasteiger partial charge in [0.25, 0.3) is 0 Å². The third-order valence-corrected chi connectivity index (χ3v) is 5.36. The van der Waals surface area contributed by atoms with E-state index in [1.54, 1.807) is 16.7 Å². The fraction of sp³-hybridized carbons (Fsp3) is 0.130. The van der Waals surface area contributed by atoms with Crippen molar-refractivity contribution in [3.8, 4) is 22.8 Å². The van der Waals surface area contributed by atoms with Gasteiger partial charge in [-0.3, -0.25) is 4.57 Å². The molecule has 3 aromatic carbocycles. The first kappa shape index (κ1) is 19.2. The third kappa shape index (κ3) is 4.32. The van der Waals surface area contributed by atoms with Gasteiger partial charge in [-0.05, 0) is 48.9 Å². The molecule has 0 atom stereocenters. The molecule has 0 N–H and O–H groups in total. The van der Waals surface area contributed by atoms with Gasteiger partial charge in [0.15, 0.2) is 11.0 Å². The normalized spacial score (nSPS) is 10.8. The molecule has 4 rings (SSSR count). The number of hydrogen-bond acceptors (Lipinski definition) is 4. The first-order valence-electron chi connectivity index (χ1n) is 9.36. The average molecular weight is 405 g/mol. The van der Waals surface area contributed by atoms with Crippen LogP contribution in [0.3, 0.4) is 0 Å². The molecule has 0 bridgehead atoms. The van der Waals surface area contributed by atoms with Crippen molar-refractivity contribution in [1.29, 1.82) is 0 Å². The standard InChI is InChI=1S/C23H20FN3OS/c1-2-28-19-14-12-18(13-15-19)22-25-26-23(29-16-17-8-4-3-5-9-17)27(22)21-11-7-6-10-20(21)24/h3-15H,2,16H2,1H3. The van der Waals surface area contributed by atoms with Gasteiger partial charge in [0.2, 0.25) is 0 Å². The molecule has 0 unspecified atom stereocenters. The van der Waals surface area contributed by atoms with Gasteiger partial charge in [-0.15, -0.1) is 10.2 Å². The summed E-state index contributed by atoms with van der Waals surface area (Å²) in [5.41, 5.74) is 2.44. The lowest BCUT2D eigenvalue weighted by Gasteiger charge is -2.12. The summed E-state index contributed by atoms with van der Waals surface area (Å²) in [6, 6.07) is 24.4. The number of para-hydroxylation sites is 1. The van der Waals surface area contributed by atoms with Gasteiger partial charge in [-0.1, -0.05) is 54.2 Å². The maximum Gasteiger partial charge on any atom is 0.196 e. The first-order chi connectivity index (χ1) is 14.3. The van der Waals surface area contributed by atoms with Crippen molar-refractivity contribution >= 4 is 11.8 Å². The van der Waals surface area contributed by atoms with Crippen LogP contribution < -0.4 is 4.74 Å². The second-order valence-corrected chi connectivity index (χ2v) is 7.27. The Morgan fingerprint density at radius 3 is 2.34 bits per heavy atom. The molecule has 0 aliphatic heterocycles. The lowest BCUT2D eigenvalue weighted by molar-refractivity contribution is 0.340. The van der Waals surface area contributed by atoms with Crippen LogP contribution in [0.2, 0.25) is 0 Å². The lowest BCUT2D eigenvalue weighted by Crippen LogP contribution is -2.02. The Kier molecular flexibility index (Phi) is 5.91. The molecule has 0 amide bonds. The molecule has 1 aromatic heterocycles. The van der Waals surface area contributed by atoms with Crippen molar-refractivity contribution in [1.82, 2.24) is 14.8 Å². The van der Waals surface area contributed by atoms with Gasteiger partial charge < -0.3 is 4.74 Å². The molecule has 29 heavy (non-hydrogen) atoms. The molecular weight excluding hydrogens is 385 g/mol. The summed E-state index contributed by atoms with van der Waals surface area (Å²) in [4.78, 5) is 0. The van der Waals surface area contributed by atoms with E-state index in [-0.39, 0.29) is 5.82 Å². The fourth-order valence-corrected chi connectivity index (χ4v) is 3.89. The van der Waals surface area contributed by atoms with Crippen molar-refractivity contribution in [2.24, 2.45) is 0 Å². The van der Waals surface area contributed by atoms with E-state index in [2.05, 4.69) is 22.3 Å². The highest BCUT2D eigenvalue weighted by Crippen LogP contribution is 2.31. The second kappa shape index (κ2) is 8.92. The summed E-state index contributed by atoms with van der Waals surface area (Å²) >= 11 is 1.53. The SMILES string of the molecule is CCOc1ccc(-c2nnc(SCc3ccccc3)n2-c2ccccc2F)cc1. The van der Waals surface area contributed by atoms with E-state index in [4.69, 9.17) is 4.74 Å². The number of hydrogen-bond donors (Lipinski definition) is 0. The Morgan fingerprint density at radius 2 is 1.62 bits per heavy atom. The monoisotopic (exact) mass is 405 g/mol. The molecule has 0 fully saturated rings. The maximum atomic E-state index is 14.7. The molecule has 0 aliphatic rings. The van der Waals surface area contributed by atoms with E-state index in [1.807, 2.05) is 55.5 Å². The molecule has 146 valence electrons. The van der Waals surface area contributed by atoms with Gasteiger partial charge in [0.1, 0.15) is 11.6 Å². The molecule has 0 spiro atoms. The van der Waals surface area contributed by atoms with E-state index >= 15 is 0 Å². The van der Waals surface area contributed by atoms with Crippen LogP contribution in [0.15, 0.2) is 84.0 Å². The van der Waals surface area contributed by atoms with Gasteiger partial charge in [0.05, 0.1) is 12.3 Å². The summed E-state index contributed by atoms with van der Waals surface area (Å²) in [5.74, 6) is 1.78. The number of ether oxygens (including phenoxy) is 1. The van der Waals surface area contributed by atoms with E-state index in [9.17, 15) is 4.39 Å². The summed E-state index contributed by atoms with van der Waals surface area (Å²) in [7, 11) is 0. The highest BCUT2D eigenvalue weighted by atomic mass is 32.2. The van der Waals surface area contributed by atoms with Crippen molar-refractivity contribution in [3.05, 3.63) is 90.2 Å². The molecular formula is C23H20FN3OS. The summed E-state index contributed by atoms with van der Waals surface area (Å²) in [5, 5.41) is 9.38. The van der Waals surface area contributed by atoms with E-state index < -0.39 is 0 Å². The van der Waals surface area contributed by atoms with Gasteiger partial charge >= 0.3 is 0 Å². The van der Waals surface area contributed by atoms with Crippen LogP contribution in [0.1, 0.15) is 12.5 Å². The van der Waals surface area contributed by atoms with Crippen LogP contribution >= 0.6 is 11.8 Å². The molecule has 0 saturated heterocycles. The van der Waals surface area contributed by atoms with Crippen molar-refractivity contribution in [3.63, 3.8) is 0 Å². The minimum absolute atomic E-state index is 0.318. The molecule has 6 heteroatoms.